The first-order chi connectivity index (χ1) is 49.4. The number of alkyl carbamates (subject to hydrolysis) is 7. The molecule has 0 aromatic rings. The number of carbonyl (C=O) groups excluding carboxylic acids is 7. The minimum atomic E-state index is -5.08. The third kappa shape index (κ3) is 38.6. The molecule has 0 aromatic heterocycles. The molecule has 0 spiro atoms. The van der Waals surface area contributed by atoms with Gasteiger partial charge in [-0.3, -0.25) is 0 Å². The van der Waals surface area contributed by atoms with Gasteiger partial charge in [0.25, 0.3) is 0 Å². The fraction of sp³-hybridized carbons (Fsp3) is 0.884. The van der Waals surface area contributed by atoms with E-state index in [1.165, 1.54) is 0 Å². The SMILES string of the molecule is CCCCCCNC(=O)OC[C@H]1O[C@H](O[C@@H]2[C@@H](OC(=O)NCCCCCC)[C@H](O[C@@H]3O[C@@H](CN)[C@H](OC(=O)NCCCCCC)[C@@H](OC(=O)NCCCCCC)[C@@H]3OC(=O)NCCCCCC)[C@@H](N)C[C@H]2N)[C@H](OC(=O)NCCCCCC)[C@@H](N)[C@@H]1OC(=O)NCCCCCC.O=C(O)C(F)(F)F. The number of alkyl halides is 3. The lowest BCUT2D eigenvalue weighted by Crippen LogP contribution is -2.70. The molecule has 1 aliphatic carbocycles. The minimum absolute atomic E-state index is 0.132. The fourth-order valence-corrected chi connectivity index (χ4v) is 11.5. The van der Waals surface area contributed by atoms with E-state index in [0.29, 0.717) is 51.5 Å². The van der Waals surface area contributed by atoms with E-state index in [1.807, 2.05) is 0 Å². The number of unbranched alkanes of at least 4 members (excludes halogenated alkanes) is 21. The lowest BCUT2D eigenvalue weighted by Gasteiger charge is -2.50. The van der Waals surface area contributed by atoms with Crippen LogP contribution in [0.15, 0.2) is 0 Å². The molecular weight excluding hydrogens is 1360 g/mol. The Kier molecular flexibility index (Phi) is 49.9. The van der Waals surface area contributed by atoms with Crippen molar-refractivity contribution < 1.29 is 109 Å². The molecule has 0 aromatic carbocycles. The van der Waals surface area contributed by atoms with E-state index in [1.54, 1.807) is 0 Å². The molecule has 103 heavy (non-hydrogen) atoms. The topological polar surface area (TPSA) is 447 Å². The van der Waals surface area contributed by atoms with Crippen LogP contribution >= 0.6 is 0 Å². The number of ether oxygens (including phenoxy) is 11. The van der Waals surface area contributed by atoms with Crippen molar-refractivity contribution in [2.24, 2.45) is 22.9 Å². The third-order valence-corrected chi connectivity index (χ3v) is 17.3. The molecule has 34 heteroatoms. The van der Waals surface area contributed by atoms with Gasteiger partial charge in [0.05, 0.1) is 6.04 Å². The van der Waals surface area contributed by atoms with E-state index < -0.39 is 153 Å². The summed E-state index contributed by atoms with van der Waals surface area (Å²) >= 11 is 0. The number of carboxylic acids is 1. The maximum atomic E-state index is 14.3. The van der Waals surface area contributed by atoms with Gasteiger partial charge in [-0.25, -0.2) is 38.4 Å². The van der Waals surface area contributed by atoms with Crippen LogP contribution < -0.4 is 60.2 Å². The predicted octanol–water partition coefficient (Wildman–Crippen LogP) is 9.54. The van der Waals surface area contributed by atoms with Crippen LogP contribution in [-0.4, -0.2) is 211 Å². The van der Waals surface area contributed by atoms with Gasteiger partial charge in [0.1, 0.15) is 31.0 Å². The van der Waals surface area contributed by atoms with E-state index in [-0.39, 0.29) is 52.2 Å². The summed E-state index contributed by atoms with van der Waals surface area (Å²) in [6.07, 6.45) is -6.76. The number of nitrogens with two attached hydrogens (primary N) is 4. The number of aliphatic carboxylic acids is 1. The number of amides is 7. The van der Waals surface area contributed by atoms with Gasteiger partial charge < -0.3 is 117 Å². The van der Waals surface area contributed by atoms with E-state index >= 15 is 0 Å². The second kappa shape index (κ2) is 55.3. The highest BCUT2D eigenvalue weighted by molar-refractivity contribution is 5.73. The van der Waals surface area contributed by atoms with Crippen molar-refractivity contribution in [2.75, 3.05) is 59.0 Å². The third-order valence-electron chi connectivity index (χ3n) is 17.3. The lowest BCUT2D eigenvalue weighted by molar-refractivity contribution is -0.329. The summed E-state index contributed by atoms with van der Waals surface area (Å²) in [7, 11) is 0. The zero-order chi connectivity index (χ0) is 76.4. The Balaban J connectivity index is 0.00000487. The van der Waals surface area contributed by atoms with Crippen molar-refractivity contribution in [2.45, 2.75) is 333 Å². The Morgan fingerprint density at radius 3 is 0.942 bits per heavy atom. The van der Waals surface area contributed by atoms with Gasteiger partial charge in [0.2, 0.25) is 0 Å². The molecule has 0 bridgehead atoms. The zero-order valence-electron chi connectivity index (χ0n) is 62.2. The van der Waals surface area contributed by atoms with Crippen molar-refractivity contribution in [3.63, 3.8) is 0 Å². The standard InChI is InChI=1S/C67H127N11O18.C2HF3O2/c1-8-15-22-29-36-72-61(79)86-45-49-53(91-62(80)73-37-30-23-16-9-2)50(71)55(93-64(82)75-39-32-25-18-11-4)59(88-49)89-51-46(69)43-47(70)52(56(51)94-65(83)76-40-33-26-19-12-5)90-60-58(96-67(85)78-42-35-28-21-14-7)57(95-66(84)77-41-34-27-20-13-6)54(48(44-68)87-60)92-63(81)74-38-31-24-17-10-3;3-2(4,5)1(6)7/h46-60H,8-45,68-71H2,1-7H3,(H,72,79)(H,73,80)(H,74,81)(H,75,82)(H,76,83)(H,77,84)(H,78,85);(H,6,7)/t46-,47+,48+,49-,50+,51+,52-,53-,54+,55-,56-,57-,58+,59-,60+;/m1./s1. The monoisotopic (exact) mass is 1490 g/mol. The number of rotatable bonds is 48. The fourth-order valence-electron chi connectivity index (χ4n) is 11.5. The number of carbonyl (C=O) groups is 8. The second-order valence-corrected chi connectivity index (χ2v) is 26.2. The smallest absolute Gasteiger partial charge is 0.475 e. The van der Waals surface area contributed by atoms with Crippen LogP contribution in [0.25, 0.3) is 0 Å². The molecule has 2 heterocycles. The van der Waals surface area contributed by atoms with E-state index in [9.17, 15) is 46.7 Å². The maximum Gasteiger partial charge on any atom is 0.490 e. The van der Waals surface area contributed by atoms with Crippen molar-refractivity contribution in [1.29, 1.82) is 0 Å². The molecular formula is C69H128F3N11O20. The Morgan fingerprint density at radius 2 is 0.631 bits per heavy atom. The number of carboxylic acid groups (broad SMARTS) is 1. The molecule has 0 radical (unpaired) electrons. The average molecular weight is 1490 g/mol. The number of hydrogen-bond donors (Lipinski definition) is 12. The Morgan fingerprint density at radius 1 is 0.369 bits per heavy atom. The molecule has 1 saturated carbocycles. The van der Waals surface area contributed by atoms with Crippen molar-refractivity contribution in [3.05, 3.63) is 0 Å². The highest BCUT2D eigenvalue weighted by Crippen LogP contribution is 2.36. The minimum Gasteiger partial charge on any atom is -0.475 e. The predicted molar refractivity (Wildman–Crippen MR) is 376 cm³/mol. The Hall–Kier alpha value is -6.17. The summed E-state index contributed by atoms with van der Waals surface area (Å²) in [6, 6.07) is -3.73. The first-order valence-corrected chi connectivity index (χ1v) is 37.9. The van der Waals surface area contributed by atoms with E-state index in [2.05, 4.69) is 85.7 Å². The van der Waals surface area contributed by atoms with Crippen LogP contribution in [0.5, 0.6) is 0 Å². The average Bonchev–Trinajstić information content (AvgIpc) is 0.753. The van der Waals surface area contributed by atoms with Crippen molar-refractivity contribution >= 4 is 48.6 Å². The molecule has 3 rings (SSSR count). The van der Waals surface area contributed by atoms with E-state index in [0.717, 1.165) is 135 Å². The van der Waals surface area contributed by atoms with Crippen LogP contribution in [0.3, 0.4) is 0 Å². The highest BCUT2D eigenvalue weighted by atomic mass is 19.4. The maximum absolute atomic E-state index is 14.3. The normalized spacial score (nSPS) is 24.5. The first-order valence-electron chi connectivity index (χ1n) is 37.9. The largest absolute Gasteiger partial charge is 0.490 e. The summed E-state index contributed by atoms with van der Waals surface area (Å²) in [6.45, 7) is 15.3. The molecule has 16 N–H and O–H groups in total. The molecule has 7 amide bonds. The van der Waals surface area contributed by atoms with Crippen LogP contribution in [-0.2, 0) is 56.9 Å². The van der Waals surface area contributed by atoms with Gasteiger partial charge in [-0.1, -0.05) is 183 Å². The Bertz CT molecular complexity index is 2350. The summed E-state index contributed by atoms with van der Waals surface area (Å²) < 4.78 is 101. The lowest BCUT2D eigenvalue weighted by atomic mass is 9.84. The zero-order valence-corrected chi connectivity index (χ0v) is 62.2. The molecule has 2 saturated heterocycles. The van der Waals surface area contributed by atoms with Crippen LogP contribution in [0.1, 0.15) is 235 Å². The molecule has 2 aliphatic heterocycles. The highest BCUT2D eigenvalue weighted by Gasteiger charge is 2.58. The summed E-state index contributed by atoms with van der Waals surface area (Å²) in [5.41, 5.74) is 27.7. The van der Waals surface area contributed by atoms with E-state index in [4.69, 9.17) is 84.9 Å². The Labute approximate surface area is 607 Å². The van der Waals surface area contributed by atoms with Crippen LogP contribution in [0, 0.1) is 0 Å². The van der Waals surface area contributed by atoms with Crippen LogP contribution in [0.2, 0.25) is 0 Å². The molecule has 3 aliphatic rings. The first kappa shape index (κ1) is 92.9. The summed E-state index contributed by atoms with van der Waals surface area (Å²) in [5.74, 6) is -2.76. The van der Waals surface area contributed by atoms with Crippen molar-refractivity contribution in [3.8, 4) is 0 Å². The number of halogens is 3. The van der Waals surface area contributed by atoms with Crippen LogP contribution in [0.4, 0.5) is 46.7 Å². The second-order valence-electron chi connectivity index (χ2n) is 26.2. The van der Waals surface area contributed by atoms with Crippen molar-refractivity contribution in [1.82, 2.24) is 37.2 Å². The summed E-state index contributed by atoms with van der Waals surface area (Å²) in [5, 5.41) is 26.5. The number of nitrogens with one attached hydrogen (secondary N) is 7. The van der Waals surface area contributed by atoms with Gasteiger partial charge in [-0.15, -0.1) is 0 Å². The van der Waals surface area contributed by atoms with Gasteiger partial charge in [0.15, 0.2) is 49.2 Å². The quantitative estimate of drug-likeness (QED) is 0.0199. The number of hydrogen-bond acceptors (Lipinski definition) is 23. The van der Waals surface area contributed by atoms with Gasteiger partial charge in [-0.05, 0) is 51.4 Å². The molecule has 3 fully saturated rings. The van der Waals surface area contributed by atoms with Gasteiger partial charge in [0, 0.05) is 64.4 Å². The van der Waals surface area contributed by atoms with Gasteiger partial charge >= 0.3 is 54.8 Å². The molecule has 15 atom stereocenters. The molecule has 0 unspecified atom stereocenters. The molecule has 31 nitrogen and oxygen atoms in total. The van der Waals surface area contributed by atoms with Gasteiger partial charge in [-0.2, -0.15) is 13.2 Å². The molecule has 600 valence electrons. The summed E-state index contributed by atoms with van der Waals surface area (Å²) in [4.78, 5) is 106.